The van der Waals surface area contributed by atoms with Gasteiger partial charge < -0.3 is 14.0 Å². The Kier molecular flexibility index (Phi) is 7.32. The molecule has 2 aromatic carbocycles. The third-order valence-corrected chi connectivity index (χ3v) is 5.57. The lowest BCUT2D eigenvalue weighted by molar-refractivity contribution is 0.0527. The van der Waals surface area contributed by atoms with Gasteiger partial charge in [0.05, 0.1) is 12.2 Å². The molecule has 0 atom stereocenters. The molecule has 5 nitrogen and oxygen atoms in total. The number of ether oxygens (including phenoxy) is 2. The molecular weight excluding hydrogens is 446 g/mol. The largest absolute Gasteiger partial charge is 0.485 e. The monoisotopic (exact) mass is 471 g/mol. The maximum Gasteiger partial charge on any atom is 0.340 e. The number of unbranched alkanes of at least 4 members (excludes halogenated alkanes) is 1. The summed E-state index contributed by atoms with van der Waals surface area (Å²) in [5.41, 5.74) is 3.01. The summed E-state index contributed by atoms with van der Waals surface area (Å²) in [5, 5.41) is 0.788. The summed E-state index contributed by atoms with van der Waals surface area (Å²) in [6.45, 7) is 6.96. The molecule has 6 heteroatoms. The Bertz CT molecular complexity index is 1050. The van der Waals surface area contributed by atoms with Gasteiger partial charge in [-0.1, -0.05) is 41.4 Å². The summed E-state index contributed by atoms with van der Waals surface area (Å²) >= 11 is 3.36. The van der Waals surface area contributed by atoms with Gasteiger partial charge in [0, 0.05) is 33.2 Å². The van der Waals surface area contributed by atoms with Crippen molar-refractivity contribution in [3.05, 3.63) is 63.8 Å². The number of hydrogen-bond acceptors (Lipinski definition) is 4. The molecule has 0 aliphatic heterocycles. The van der Waals surface area contributed by atoms with Crippen LogP contribution in [0.2, 0.25) is 0 Å². The fourth-order valence-corrected chi connectivity index (χ4v) is 3.75. The van der Waals surface area contributed by atoms with Gasteiger partial charge >= 0.3 is 5.97 Å². The fraction of sp³-hybridized carbons (Fsp3) is 0.333. The molecule has 1 heterocycles. The summed E-state index contributed by atoms with van der Waals surface area (Å²) in [6, 6.07) is 12.8. The first kappa shape index (κ1) is 22.1. The molecule has 0 radical (unpaired) electrons. The minimum atomic E-state index is -0.335. The Morgan fingerprint density at radius 1 is 1.07 bits per heavy atom. The quantitative estimate of drug-likeness (QED) is 0.285. The third-order valence-electron chi connectivity index (χ3n) is 5.05. The van der Waals surface area contributed by atoms with E-state index in [9.17, 15) is 9.59 Å². The lowest BCUT2D eigenvalue weighted by Crippen LogP contribution is -2.11. The zero-order valence-corrected chi connectivity index (χ0v) is 19.1. The van der Waals surface area contributed by atoms with E-state index in [0.29, 0.717) is 23.5 Å². The molecule has 0 aliphatic rings. The van der Waals surface area contributed by atoms with Gasteiger partial charge in [0.15, 0.2) is 12.4 Å². The molecule has 158 valence electrons. The first-order chi connectivity index (χ1) is 14.5. The molecule has 3 aromatic rings. The Morgan fingerprint density at radius 2 is 1.80 bits per heavy atom. The van der Waals surface area contributed by atoms with E-state index in [2.05, 4.69) is 27.4 Å². The molecule has 0 saturated heterocycles. The van der Waals surface area contributed by atoms with Crippen LogP contribution in [0.25, 0.3) is 10.9 Å². The number of nitrogens with zero attached hydrogens (tertiary/aromatic N) is 1. The standard InChI is InChI=1S/C24H26BrNO4/c1-4-6-13-26-16(3)23(24(28)29-5-2)20-14-19(11-12-21(20)26)30-15-22(27)17-7-9-18(25)10-8-17/h7-12,14H,4-6,13,15H2,1-3H3. The number of fused-ring (bicyclic) bond motifs is 1. The maximum atomic E-state index is 12.6. The zero-order chi connectivity index (χ0) is 21.7. The van der Waals surface area contributed by atoms with E-state index in [1.54, 1.807) is 19.1 Å². The lowest BCUT2D eigenvalue weighted by atomic mass is 10.1. The van der Waals surface area contributed by atoms with Crippen LogP contribution >= 0.6 is 15.9 Å². The number of esters is 1. The van der Waals surface area contributed by atoms with Gasteiger partial charge in [0.25, 0.3) is 0 Å². The minimum Gasteiger partial charge on any atom is -0.485 e. The van der Waals surface area contributed by atoms with Gasteiger partial charge in [-0.05, 0) is 50.6 Å². The van der Waals surface area contributed by atoms with Crippen LogP contribution in [0, 0.1) is 6.92 Å². The van der Waals surface area contributed by atoms with Gasteiger partial charge in [-0.3, -0.25) is 4.79 Å². The summed E-state index contributed by atoms with van der Waals surface area (Å²) in [7, 11) is 0. The van der Waals surface area contributed by atoms with Crippen molar-refractivity contribution in [1.82, 2.24) is 4.57 Å². The minimum absolute atomic E-state index is 0.0720. The predicted molar refractivity (Wildman–Crippen MR) is 122 cm³/mol. The molecular formula is C24H26BrNO4. The van der Waals surface area contributed by atoms with E-state index in [1.165, 1.54) is 0 Å². The first-order valence-corrected chi connectivity index (χ1v) is 11.0. The first-order valence-electron chi connectivity index (χ1n) is 10.2. The number of halogens is 1. The highest BCUT2D eigenvalue weighted by Gasteiger charge is 2.21. The lowest BCUT2D eigenvalue weighted by Gasteiger charge is -2.08. The topological polar surface area (TPSA) is 57.5 Å². The third kappa shape index (κ3) is 4.75. The number of hydrogen-bond donors (Lipinski definition) is 0. The Hall–Kier alpha value is -2.60. The number of Topliss-reactive ketones (excluding diaryl/α,β-unsaturated/α-hetero) is 1. The SMILES string of the molecule is CCCCn1c(C)c(C(=O)OCC)c2cc(OCC(=O)c3ccc(Br)cc3)ccc21. The van der Waals surface area contributed by atoms with E-state index >= 15 is 0 Å². The second kappa shape index (κ2) is 9.94. The molecule has 1 aromatic heterocycles. The highest BCUT2D eigenvalue weighted by Crippen LogP contribution is 2.30. The van der Waals surface area contributed by atoms with Gasteiger partial charge in [0.2, 0.25) is 0 Å². The second-order valence-electron chi connectivity index (χ2n) is 7.08. The second-order valence-corrected chi connectivity index (χ2v) is 8.00. The van der Waals surface area contributed by atoms with E-state index < -0.39 is 0 Å². The summed E-state index contributed by atoms with van der Waals surface area (Å²) in [6.07, 6.45) is 2.08. The van der Waals surface area contributed by atoms with Crippen molar-refractivity contribution in [2.75, 3.05) is 13.2 Å². The summed E-state index contributed by atoms with van der Waals surface area (Å²) in [4.78, 5) is 25.0. The van der Waals surface area contributed by atoms with Crippen molar-refractivity contribution in [2.24, 2.45) is 0 Å². The van der Waals surface area contributed by atoms with Gasteiger partial charge in [-0.15, -0.1) is 0 Å². The summed E-state index contributed by atoms with van der Waals surface area (Å²) in [5.74, 6) is 0.106. The van der Waals surface area contributed by atoms with Crippen LogP contribution in [-0.2, 0) is 11.3 Å². The van der Waals surface area contributed by atoms with Crippen LogP contribution in [0.1, 0.15) is 53.1 Å². The van der Waals surface area contributed by atoms with Crippen LogP contribution < -0.4 is 4.74 Å². The molecule has 30 heavy (non-hydrogen) atoms. The van der Waals surface area contributed by atoms with E-state index in [1.807, 2.05) is 37.3 Å². The number of carbonyl (C=O) groups is 2. The number of ketones is 1. The van der Waals surface area contributed by atoms with Crippen LogP contribution in [0.5, 0.6) is 5.75 Å². The molecule has 0 bridgehead atoms. The van der Waals surface area contributed by atoms with E-state index in [-0.39, 0.29) is 18.4 Å². The van der Waals surface area contributed by atoms with Crippen molar-refractivity contribution in [2.45, 2.75) is 40.2 Å². The van der Waals surface area contributed by atoms with Crippen molar-refractivity contribution >= 4 is 38.6 Å². The number of aryl methyl sites for hydroxylation is 1. The molecule has 0 aliphatic carbocycles. The van der Waals surface area contributed by atoms with Gasteiger partial charge in [-0.2, -0.15) is 0 Å². The van der Waals surface area contributed by atoms with Crippen molar-refractivity contribution in [3.63, 3.8) is 0 Å². The Morgan fingerprint density at radius 3 is 2.47 bits per heavy atom. The predicted octanol–water partition coefficient (Wildman–Crippen LogP) is 5.95. The number of aromatic nitrogens is 1. The van der Waals surface area contributed by atoms with Crippen LogP contribution in [0.15, 0.2) is 46.9 Å². The molecule has 3 rings (SSSR count). The highest BCUT2D eigenvalue weighted by molar-refractivity contribution is 9.10. The maximum absolute atomic E-state index is 12.6. The van der Waals surface area contributed by atoms with Crippen LogP contribution in [0.3, 0.4) is 0 Å². The van der Waals surface area contributed by atoms with Crippen molar-refractivity contribution in [3.8, 4) is 5.75 Å². The zero-order valence-electron chi connectivity index (χ0n) is 17.5. The molecule has 0 unspecified atom stereocenters. The number of benzene rings is 2. The molecule has 0 fully saturated rings. The van der Waals surface area contributed by atoms with Crippen LogP contribution in [-0.4, -0.2) is 29.5 Å². The van der Waals surface area contributed by atoms with Crippen molar-refractivity contribution < 1.29 is 19.1 Å². The van der Waals surface area contributed by atoms with Crippen LogP contribution in [0.4, 0.5) is 0 Å². The van der Waals surface area contributed by atoms with Gasteiger partial charge in [-0.25, -0.2) is 4.79 Å². The van der Waals surface area contributed by atoms with E-state index in [4.69, 9.17) is 9.47 Å². The average Bonchev–Trinajstić information content (AvgIpc) is 3.01. The van der Waals surface area contributed by atoms with Crippen molar-refractivity contribution in [1.29, 1.82) is 0 Å². The normalized spacial score (nSPS) is 10.9. The Labute approximate surface area is 185 Å². The smallest absolute Gasteiger partial charge is 0.340 e. The molecule has 0 N–H and O–H groups in total. The highest BCUT2D eigenvalue weighted by atomic mass is 79.9. The fourth-order valence-electron chi connectivity index (χ4n) is 3.48. The molecule has 0 saturated carbocycles. The average molecular weight is 472 g/mol. The number of rotatable bonds is 9. The Balaban J connectivity index is 1.89. The molecule has 0 spiro atoms. The number of carbonyl (C=O) groups excluding carboxylic acids is 2. The van der Waals surface area contributed by atoms with E-state index in [0.717, 1.165) is 40.5 Å². The van der Waals surface area contributed by atoms with Gasteiger partial charge in [0.1, 0.15) is 5.75 Å². The summed E-state index contributed by atoms with van der Waals surface area (Å²) < 4.78 is 14.1. The molecule has 0 amide bonds.